The summed E-state index contributed by atoms with van der Waals surface area (Å²) in [6.07, 6.45) is 0.821. The van der Waals surface area contributed by atoms with E-state index < -0.39 is 0 Å². The highest BCUT2D eigenvalue weighted by molar-refractivity contribution is 8.00. The molecule has 0 aliphatic heterocycles. The maximum atomic E-state index is 12.1. The first-order chi connectivity index (χ1) is 12.0. The third kappa shape index (κ3) is 4.16. The van der Waals surface area contributed by atoms with Crippen LogP contribution in [0.4, 0.5) is 5.13 Å². The van der Waals surface area contributed by atoms with Crippen LogP contribution in [0.25, 0.3) is 10.9 Å². The molecule has 0 aliphatic carbocycles. The summed E-state index contributed by atoms with van der Waals surface area (Å²) >= 11 is 2.86. The number of amides is 1. The molecule has 0 bridgehead atoms. The SMILES string of the molecule is CCc1nnc(NC(=O)CSc2nc3cc(C)c(C)cc3cc2C)s1. The lowest BCUT2D eigenvalue weighted by Gasteiger charge is -2.09. The predicted molar refractivity (Wildman–Crippen MR) is 105 cm³/mol. The number of thioether (sulfide) groups is 1. The predicted octanol–water partition coefficient (Wildman–Crippen LogP) is 4.30. The summed E-state index contributed by atoms with van der Waals surface area (Å²) in [5.74, 6) is 0.204. The number of anilines is 1. The molecule has 0 spiro atoms. The lowest BCUT2D eigenvalue weighted by Crippen LogP contribution is -2.14. The molecule has 0 unspecified atom stereocenters. The van der Waals surface area contributed by atoms with E-state index >= 15 is 0 Å². The van der Waals surface area contributed by atoms with Crippen molar-refractivity contribution >= 4 is 45.0 Å². The van der Waals surface area contributed by atoms with Crippen LogP contribution in [-0.4, -0.2) is 26.8 Å². The fourth-order valence-corrected chi connectivity index (χ4v) is 3.90. The van der Waals surface area contributed by atoms with Crippen molar-refractivity contribution in [2.75, 3.05) is 11.1 Å². The Morgan fingerprint density at radius 2 is 1.84 bits per heavy atom. The first kappa shape index (κ1) is 17.8. The number of fused-ring (bicyclic) bond motifs is 1. The van der Waals surface area contributed by atoms with Gasteiger partial charge >= 0.3 is 0 Å². The van der Waals surface area contributed by atoms with Crippen molar-refractivity contribution in [3.8, 4) is 0 Å². The Bertz CT molecular complexity index is 936. The van der Waals surface area contributed by atoms with E-state index in [2.05, 4.69) is 47.6 Å². The van der Waals surface area contributed by atoms with Gasteiger partial charge in [-0.3, -0.25) is 10.1 Å². The highest BCUT2D eigenvalue weighted by atomic mass is 32.2. The number of nitrogens with zero attached hydrogens (tertiary/aromatic N) is 3. The average Bonchev–Trinajstić information content (AvgIpc) is 3.02. The molecule has 25 heavy (non-hydrogen) atoms. The number of hydrogen-bond donors (Lipinski definition) is 1. The van der Waals surface area contributed by atoms with Gasteiger partial charge in [0.15, 0.2) is 0 Å². The van der Waals surface area contributed by atoms with Crippen LogP contribution in [0.15, 0.2) is 23.2 Å². The molecule has 3 rings (SSSR count). The summed E-state index contributed by atoms with van der Waals surface area (Å²) < 4.78 is 0. The molecule has 0 radical (unpaired) electrons. The van der Waals surface area contributed by atoms with Gasteiger partial charge in [-0.15, -0.1) is 10.2 Å². The highest BCUT2D eigenvalue weighted by Crippen LogP contribution is 2.26. The molecule has 0 aliphatic rings. The lowest BCUT2D eigenvalue weighted by molar-refractivity contribution is -0.113. The molecule has 2 heterocycles. The van der Waals surface area contributed by atoms with Crippen molar-refractivity contribution < 1.29 is 4.79 Å². The molecular formula is C18H20N4OS2. The van der Waals surface area contributed by atoms with Gasteiger partial charge in [0.25, 0.3) is 0 Å². The van der Waals surface area contributed by atoms with Gasteiger partial charge in [0.1, 0.15) is 10.0 Å². The number of rotatable bonds is 5. The molecule has 1 aromatic carbocycles. The van der Waals surface area contributed by atoms with Gasteiger partial charge in [-0.1, -0.05) is 30.0 Å². The number of carbonyl (C=O) groups is 1. The van der Waals surface area contributed by atoms with Crippen LogP contribution in [0.3, 0.4) is 0 Å². The summed E-state index contributed by atoms with van der Waals surface area (Å²) in [5, 5.41) is 14.3. The summed E-state index contributed by atoms with van der Waals surface area (Å²) in [5.41, 5.74) is 4.53. The van der Waals surface area contributed by atoms with E-state index in [1.807, 2.05) is 13.8 Å². The van der Waals surface area contributed by atoms with Crippen molar-refractivity contribution in [2.45, 2.75) is 39.1 Å². The standard InChI is InChI=1S/C18H20N4OS2/c1-5-16-21-22-18(25-16)20-15(23)9-24-17-12(4)7-13-6-10(2)11(3)8-14(13)19-17/h6-8H,5,9H2,1-4H3,(H,20,22,23). The Hall–Kier alpha value is -1.99. The van der Waals surface area contributed by atoms with E-state index in [9.17, 15) is 4.79 Å². The van der Waals surface area contributed by atoms with E-state index in [1.165, 1.54) is 34.2 Å². The van der Waals surface area contributed by atoms with Crippen LogP contribution in [0.5, 0.6) is 0 Å². The second-order valence-corrected chi connectivity index (χ2v) is 7.96. The van der Waals surface area contributed by atoms with Crippen molar-refractivity contribution in [3.63, 3.8) is 0 Å². The van der Waals surface area contributed by atoms with Crippen LogP contribution < -0.4 is 5.32 Å². The van der Waals surface area contributed by atoms with Crippen LogP contribution in [0, 0.1) is 20.8 Å². The minimum absolute atomic E-state index is 0.0924. The average molecular weight is 373 g/mol. The first-order valence-electron chi connectivity index (χ1n) is 8.10. The Morgan fingerprint density at radius 3 is 2.56 bits per heavy atom. The van der Waals surface area contributed by atoms with Crippen LogP contribution in [-0.2, 0) is 11.2 Å². The minimum Gasteiger partial charge on any atom is -0.300 e. The van der Waals surface area contributed by atoms with Crippen molar-refractivity contribution in [1.82, 2.24) is 15.2 Å². The second-order valence-electron chi connectivity index (χ2n) is 5.93. The second kappa shape index (κ2) is 7.49. The Labute approximate surface area is 155 Å². The fraction of sp³-hybridized carbons (Fsp3) is 0.333. The zero-order valence-corrected chi connectivity index (χ0v) is 16.3. The van der Waals surface area contributed by atoms with E-state index in [1.54, 1.807) is 0 Å². The zero-order valence-electron chi connectivity index (χ0n) is 14.7. The van der Waals surface area contributed by atoms with Crippen molar-refractivity contribution in [1.29, 1.82) is 0 Å². The van der Waals surface area contributed by atoms with Gasteiger partial charge in [0.05, 0.1) is 11.3 Å². The fourth-order valence-electron chi connectivity index (χ4n) is 2.41. The number of hydrogen-bond acceptors (Lipinski definition) is 6. The summed E-state index contributed by atoms with van der Waals surface area (Å²) in [4.78, 5) is 16.9. The van der Waals surface area contributed by atoms with Crippen LogP contribution >= 0.6 is 23.1 Å². The molecule has 0 fully saturated rings. The molecule has 130 valence electrons. The summed E-state index contributed by atoms with van der Waals surface area (Å²) in [6, 6.07) is 6.39. The number of aromatic nitrogens is 3. The highest BCUT2D eigenvalue weighted by Gasteiger charge is 2.11. The molecule has 1 N–H and O–H groups in total. The van der Waals surface area contributed by atoms with E-state index in [0.717, 1.165) is 32.9 Å². The van der Waals surface area contributed by atoms with Gasteiger partial charge in [-0.2, -0.15) is 0 Å². The molecule has 3 aromatic rings. The molecule has 0 saturated heterocycles. The largest absolute Gasteiger partial charge is 0.300 e. The molecule has 0 saturated carbocycles. The first-order valence-corrected chi connectivity index (χ1v) is 9.90. The molecule has 0 atom stereocenters. The third-order valence-electron chi connectivity index (χ3n) is 3.93. The topological polar surface area (TPSA) is 67.8 Å². The van der Waals surface area contributed by atoms with Crippen molar-refractivity contribution in [2.24, 2.45) is 0 Å². The molecule has 2 aromatic heterocycles. The number of carbonyl (C=O) groups excluding carboxylic acids is 1. The monoisotopic (exact) mass is 372 g/mol. The number of aryl methyl sites for hydroxylation is 4. The zero-order chi connectivity index (χ0) is 18.0. The Balaban J connectivity index is 1.70. The Morgan fingerprint density at radius 1 is 1.12 bits per heavy atom. The normalized spacial score (nSPS) is 11.0. The lowest BCUT2D eigenvalue weighted by atomic mass is 10.1. The van der Waals surface area contributed by atoms with Crippen LogP contribution in [0.2, 0.25) is 0 Å². The minimum atomic E-state index is -0.0924. The van der Waals surface area contributed by atoms with E-state index in [-0.39, 0.29) is 5.91 Å². The van der Waals surface area contributed by atoms with Gasteiger partial charge < -0.3 is 0 Å². The van der Waals surface area contributed by atoms with Gasteiger partial charge in [0.2, 0.25) is 11.0 Å². The van der Waals surface area contributed by atoms with E-state index in [4.69, 9.17) is 4.98 Å². The summed E-state index contributed by atoms with van der Waals surface area (Å²) in [7, 11) is 0. The third-order valence-corrected chi connectivity index (χ3v) is 6.01. The maximum Gasteiger partial charge on any atom is 0.236 e. The molecule has 1 amide bonds. The van der Waals surface area contributed by atoms with Gasteiger partial charge in [0, 0.05) is 5.39 Å². The maximum absolute atomic E-state index is 12.1. The Kier molecular flexibility index (Phi) is 5.34. The van der Waals surface area contributed by atoms with Gasteiger partial charge in [-0.05, 0) is 62.1 Å². The van der Waals surface area contributed by atoms with Crippen LogP contribution in [0.1, 0.15) is 28.6 Å². The quantitative estimate of drug-likeness (QED) is 0.676. The number of pyridine rings is 1. The van der Waals surface area contributed by atoms with Crippen molar-refractivity contribution in [3.05, 3.63) is 39.9 Å². The molecule has 5 nitrogen and oxygen atoms in total. The number of benzene rings is 1. The van der Waals surface area contributed by atoms with Gasteiger partial charge in [-0.25, -0.2) is 4.98 Å². The molecular weight excluding hydrogens is 352 g/mol. The smallest absolute Gasteiger partial charge is 0.236 e. The van der Waals surface area contributed by atoms with E-state index in [0.29, 0.717) is 10.9 Å². The molecule has 7 heteroatoms. The summed E-state index contributed by atoms with van der Waals surface area (Å²) in [6.45, 7) is 8.23. The number of nitrogens with one attached hydrogen (secondary N) is 1.